The maximum absolute atomic E-state index is 15.1. The van der Waals surface area contributed by atoms with Gasteiger partial charge in [-0.3, -0.25) is 9.69 Å². The number of methoxy groups -OCH3 is 2. The highest BCUT2D eigenvalue weighted by atomic mass is 19.1. The maximum Gasteiger partial charge on any atom is 0.284 e. The van der Waals surface area contributed by atoms with Gasteiger partial charge in [0.25, 0.3) is 5.91 Å². The molecule has 0 spiro atoms. The zero-order chi connectivity index (χ0) is 32.9. The fraction of sp³-hybridized carbons (Fsp3) is 0.303. The quantitative estimate of drug-likeness (QED) is 0.133. The molecule has 1 aliphatic rings. The average molecular weight is 643 g/mol. The van der Waals surface area contributed by atoms with Crippen molar-refractivity contribution in [3.63, 3.8) is 0 Å². The first-order valence-electron chi connectivity index (χ1n) is 15.0. The Balaban J connectivity index is 1.30. The summed E-state index contributed by atoms with van der Waals surface area (Å²) < 4.78 is 39.6. The Kier molecular flexibility index (Phi) is 9.40. The van der Waals surface area contributed by atoms with E-state index in [9.17, 15) is 4.79 Å². The highest BCUT2D eigenvalue weighted by molar-refractivity contribution is 6.05. The number of aromatic nitrogens is 5. The van der Waals surface area contributed by atoms with Crippen molar-refractivity contribution in [3.8, 4) is 23.0 Å². The van der Waals surface area contributed by atoms with E-state index >= 15 is 4.39 Å². The number of anilines is 3. The molecule has 1 amide bonds. The van der Waals surface area contributed by atoms with Crippen molar-refractivity contribution in [2.75, 3.05) is 51.7 Å². The number of halogens is 1. The van der Waals surface area contributed by atoms with Crippen LogP contribution in [0.2, 0.25) is 0 Å². The maximum atomic E-state index is 15.1. The second-order valence-corrected chi connectivity index (χ2v) is 11.1. The van der Waals surface area contributed by atoms with Crippen LogP contribution in [0.5, 0.6) is 23.0 Å². The summed E-state index contributed by atoms with van der Waals surface area (Å²) in [4.78, 5) is 28.1. The van der Waals surface area contributed by atoms with Crippen LogP contribution in [0, 0.1) is 6.92 Å². The molecule has 2 N–H and O–H groups in total. The van der Waals surface area contributed by atoms with E-state index in [4.69, 9.17) is 18.9 Å². The second-order valence-electron chi connectivity index (χ2n) is 11.1. The lowest BCUT2D eigenvalue weighted by molar-refractivity contribution is -0.114. The largest absolute Gasteiger partial charge is 0.494 e. The number of ether oxygens (including phenoxy) is 4. The smallest absolute Gasteiger partial charge is 0.284 e. The third kappa shape index (κ3) is 7.08. The molecule has 47 heavy (non-hydrogen) atoms. The van der Waals surface area contributed by atoms with Gasteiger partial charge >= 0.3 is 0 Å². The lowest BCUT2D eigenvalue weighted by atomic mass is 10.1. The van der Waals surface area contributed by atoms with Gasteiger partial charge in [0.2, 0.25) is 0 Å². The number of amides is 1. The molecule has 1 aliphatic heterocycles. The zero-order valence-corrected chi connectivity index (χ0v) is 26.5. The number of likely N-dealkylation sites (N-methyl/N-ethyl adjacent to an activating group) is 1. The molecule has 1 fully saturated rings. The number of hydrogen-bond acceptors (Lipinski definition) is 11. The van der Waals surface area contributed by atoms with Gasteiger partial charge in [-0.15, -0.1) is 0 Å². The van der Waals surface area contributed by atoms with Gasteiger partial charge < -0.3 is 29.6 Å². The number of carbonyl (C=O) groups excluding carboxylic acids is 1. The Labute approximate surface area is 270 Å². The predicted molar refractivity (Wildman–Crippen MR) is 174 cm³/mol. The van der Waals surface area contributed by atoms with Crippen LogP contribution in [-0.2, 0) is 9.53 Å². The molecule has 2 aromatic carbocycles. The number of carbonyl (C=O) groups is 1. The molecule has 14 heteroatoms. The van der Waals surface area contributed by atoms with E-state index in [0.717, 1.165) is 24.9 Å². The summed E-state index contributed by atoms with van der Waals surface area (Å²) in [5.74, 6) is 0.696. The molecule has 0 bridgehead atoms. The summed E-state index contributed by atoms with van der Waals surface area (Å²) >= 11 is 0. The number of benzene rings is 2. The highest BCUT2D eigenvalue weighted by Gasteiger charge is 2.23. The van der Waals surface area contributed by atoms with E-state index in [-0.39, 0.29) is 18.3 Å². The number of nitrogens with zero attached hydrogens (tertiary/aromatic N) is 6. The standard InChI is InChI=1S/C33H35FN8O5/c1-20-12-26(29(45-4)17-28(20)47-22-7-9-42-31(14-22)36-19-38-42)39-32-23-15-27(30(46-11-10-44-3)16-25(23)35-18-37-32)40-33(43)24(34)13-21-6-5-8-41(21)2/h7,9,12-19,21H,5-6,8,10-11H2,1-4H3,(H,40,43)(H,35,37,39)/b24-13+. The summed E-state index contributed by atoms with van der Waals surface area (Å²) in [5, 5.41) is 10.7. The Morgan fingerprint density at radius 2 is 1.91 bits per heavy atom. The summed E-state index contributed by atoms with van der Waals surface area (Å²) in [6.45, 7) is 3.30. The molecule has 244 valence electrons. The molecule has 1 atom stereocenters. The number of pyridine rings is 1. The fourth-order valence-electron chi connectivity index (χ4n) is 5.37. The van der Waals surface area contributed by atoms with Crippen molar-refractivity contribution >= 4 is 39.6 Å². The summed E-state index contributed by atoms with van der Waals surface area (Å²) in [6, 6.07) is 10.4. The molecule has 1 unspecified atom stereocenters. The Morgan fingerprint density at radius 1 is 1.04 bits per heavy atom. The van der Waals surface area contributed by atoms with Gasteiger partial charge in [-0.05, 0) is 63.2 Å². The molecular formula is C33H35FN8O5. The summed E-state index contributed by atoms with van der Waals surface area (Å²) in [7, 11) is 5.03. The second kappa shape index (κ2) is 14.0. The van der Waals surface area contributed by atoms with Crippen molar-refractivity contribution in [2.24, 2.45) is 0 Å². The average Bonchev–Trinajstić information content (AvgIpc) is 3.70. The molecule has 0 saturated carbocycles. The molecule has 1 saturated heterocycles. The lowest BCUT2D eigenvalue weighted by Crippen LogP contribution is -2.24. The topological polar surface area (TPSA) is 137 Å². The fourth-order valence-corrected chi connectivity index (χ4v) is 5.37. The van der Waals surface area contributed by atoms with Gasteiger partial charge in [-0.25, -0.2) is 23.9 Å². The van der Waals surface area contributed by atoms with Crippen molar-refractivity contribution in [1.82, 2.24) is 29.5 Å². The first kappa shape index (κ1) is 31.6. The normalized spacial score (nSPS) is 15.3. The van der Waals surface area contributed by atoms with Crippen LogP contribution in [0.4, 0.5) is 21.6 Å². The Hall–Kier alpha value is -5.34. The zero-order valence-electron chi connectivity index (χ0n) is 26.5. The monoisotopic (exact) mass is 642 g/mol. The minimum atomic E-state index is -0.872. The molecule has 6 rings (SSSR count). The van der Waals surface area contributed by atoms with Crippen molar-refractivity contribution in [3.05, 3.63) is 72.7 Å². The molecule has 5 aromatic rings. The van der Waals surface area contributed by atoms with E-state index in [1.54, 1.807) is 55.3 Å². The van der Waals surface area contributed by atoms with Crippen LogP contribution in [0.3, 0.4) is 0 Å². The van der Waals surface area contributed by atoms with Crippen LogP contribution in [0.15, 0.2) is 67.2 Å². The van der Waals surface area contributed by atoms with Crippen LogP contribution >= 0.6 is 0 Å². The SMILES string of the molecule is COCCOc1cc2ncnc(Nc3cc(C)c(Oc4ccn5ncnc5c4)cc3OC)c2cc1NC(=O)/C(F)=C\C1CCCN1C. The van der Waals surface area contributed by atoms with Crippen molar-refractivity contribution in [2.45, 2.75) is 25.8 Å². The third-order valence-corrected chi connectivity index (χ3v) is 7.89. The van der Waals surface area contributed by atoms with E-state index in [1.165, 1.54) is 18.7 Å². The highest BCUT2D eigenvalue weighted by Crippen LogP contribution is 2.39. The molecule has 0 radical (unpaired) electrons. The number of hydrogen-bond donors (Lipinski definition) is 2. The number of likely N-dealkylation sites (tertiary alicyclic amines) is 1. The summed E-state index contributed by atoms with van der Waals surface area (Å²) in [6.07, 6.45) is 7.76. The van der Waals surface area contributed by atoms with Gasteiger partial charge in [-0.1, -0.05) is 0 Å². The first-order valence-corrected chi connectivity index (χ1v) is 15.0. The minimum Gasteiger partial charge on any atom is -0.494 e. The van der Waals surface area contributed by atoms with Crippen LogP contribution < -0.4 is 24.8 Å². The number of nitrogens with one attached hydrogen (secondary N) is 2. The van der Waals surface area contributed by atoms with Crippen LogP contribution in [-0.4, -0.2) is 82.4 Å². The van der Waals surface area contributed by atoms with Gasteiger partial charge in [0.15, 0.2) is 11.5 Å². The number of rotatable bonds is 12. The first-order chi connectivity index (χ1) is 22.8. The van der Waals surface area contributed by atoms with Crippen LogP contribution in [0.1, 0.15) is 18.4 Å². The summed E-state index contributed by atoms with van der Waals surface area (Å²) in [5.41, 5.74) is 2.90. The lowest BCUT2D eigenvalue weighted by Gasteiger charge is -2.18. The van der Waals surface area contributed by atoms with Crippen molar-refractivity contribution in [1.29, 1.82) is 0 Å². The van der Waals surface area contributed by atoms with E-state index in [0.29, 0.717) is 57.7 Å². The Bertz CT molecular complexity index is 1950. The van der Waals surface area contributed by atoms with E-state index in [1.807, 2.05) is 24.9 Å². The van der Waals surface area contributed by atoms with Gasteiger partial charge in [0, 0.05) is 42.9 Å². The molecule has 3 aromatic heterocycles. The van der Waals surface area contributed by atoms with E-state index in [2.05, 4.69) is 30.7 Å². The van der Waals surface area contributed by atoms with Crippen LogP contribution in [0.25, 0.3) is 16.6 Å². The molecule has 0 aliphatic carbocycles. The molecule has 4 heterocycles. The molecular weight excluding hydrogens is 607 g/mol. The number of aryl methyl sites for hydroxylation is 1. The molecule has 13 nitrogen and oxygen atoms in total. The van der Waals surface area contributed by atoms with Gasteiger partial charge in [0.05, 0.1) is 30.6 Å². The predicted octanol–water partition coefficient (Wildman–Crippen LogP) is 5.44. The number of fused-ring (bicyclic) bond motifs is 2. The van der Waals surface area contributed by atoms with Gasteiger partial charge in [-0.2, -0.15) is 5.10 Å². The third-order valence-electron chi connectivity index (χ3n) is 7.89. The Morgan fingerprint density at radius 3 is 2.70 bits per heavy atom. The van der Waals surface area contributed by atoms with E-state index < -0.39 is 11.7 Å². The van der Waals surface area contributed by atoms with Gasteiger partial charge in [0.1, 0.15) is 48.1 Å². The van der Waals surface area contributed by atoms with Crippen molar-refractivity contribution < 1.29 is 28.1 Å². The minimum absolute atomic E-state index is 0.133.